The van der Waals surface area contributed by atoms with Crippen molar-refractivity contribution in [2.45, 2.75) is 48.2 Å². The van der Waals surface area contributed by atoms with Gasteiger partial charge in [0.2, 0.25) is 11.7 Å². The average molecular weight is 403 g/mol. The largest absolute Gasteiger partial charge is 0.380 e. The van der Waals surface area contributed by atoms with Crippen molar-refractivity contribution in [3.63, 3.8) is 0 Å². The van der Waals surface area contributed by atoms with Crippen LogP contribution in [0.1, 0.15) is 57.6 Å². The van der Waals surface area contributed by atoms with Crippen molar-refractivity contribution in [3.8, 4) is 6.07 Å². The van der Waals surface area contributed by atoms with Crippen LogP contribution < -0.4 is 5.32 Å². The van der Waals surface area contributed by atoms with Crippen LogP contribution in [-0.2, 0) is 11.5 Å². The van der Waals surface area contributed by atoms with Crippen molar-refractivity contribution in [3.05, 3.63) is 41.2 Å². The van der Waals surface area contributed by atoms with Gasteiger partial charge in [0.05, 0.1) is 5.69 Å². The molecule has 0 aliphatic heterocycles. The fraction of sp³-hybridized carbons (Fsp3) is 0.409. The summed E-state index contributed by atoms with van der Waals surface area (Å²) in [5.74, 6) is -0.754. The van der Waals surface area contributed by atoms with Gasteiger partial charge in [-0.2, -0.15) is 5.26 Å². The van der Waals surface area contributed by atoms with E-state index < -0.39 is 12.5 Å². The number of rotatable bonds is 6. The van der Waals surface area contributed by atoms with Gasteiger partial charge in [-0.3, -0.25) is 9.59 Å². The van der Waals surface area contributed by atoms with Gasteiger partial charge >= 0.3 is 0 Å². The summed E-state index contributed by atoms with van der Waals surface area (Å²) in [5, 5.41) is 12.4. The second-order valence-electron chi connectivity index (χ2n) is 5.65. The van der Waals surface area contributed by atoms with Gasteiger partial charge in [0, 0.05) is 48.9 Å². The molecule has 0 atom stereocenters. The van der Waals surface area contributed by atoms with Crippen molar-refractivity contribution in [1.82, 2.24) is 9.88 Å². The van der Waals surface area contributed by atoms with E-state index in [2.05, 4.69) is 10.3 Å². The summed E-state index contributed by atoms with van der Waals surface area (Å²) in [7, 11) is 1.77. The maximum atomic E-state index is 13.2. The monoisotopic (exact) mass is 402 g/mol. The van der Waals surface area contributed by atoms with Crippen LogP contribution in [0.5, 0.6) is 0 Å². The Morgan fingerprint density at radius 2 is 1.86 bits per heavy atom. The number of alkyl halides is 1. The predicted molar refractivity (Wildman–Crippen MR) is 116 cm³/mol. The number of halogens is 1. The molecule has 0 bridgehead atoms. The molecule has 1 aromatic carbocycles. The van der Waals surface area contributed by atoms with Crippen molar-refractivity contribution in [2.24, 2.45) is 0 Å². The van der Waals surface area contributed by atoms with Gasteiger partial charge in [0.25, 0.3) is 0 Å². The first-order chi connectivity index (χ1) is 13.9. The van der Waals surface area contributed by atoms with Crippen LogP contribution in [0.15, 0.2) is 30.0 Å². The number of hydrogen-bond donors (Lipinski definition) is 2. The summed E-state index contributed by atoms with van der Waals surface area (Å²) in [6, 6.07) is 6.63. The van der Waals surface area contributed by atoms with Gasteiger partial charge in [0.1, 0.15) is 18.3 Å². The van der Waals surface area contributed by atoms with Gasteiger partial charge in [-0.05, 0) is 25.1 Å². The van der Waals surface area contributed by atoms with E-state index in [1.54, 1.807) is 30.1 Å². The third-order valence-corrected chi connectivity index (χ3v) is 3.76. The molecule has 0 spiro atoms. The molecule has 0 saturated carbocycles. The second-order valence-corrected chi connectivity index (χ2v) is 5.65. The van der Waals surface area contributed by atoms with Crippen molar-refractivity contribution >= 4 is 28.3 Å². The minimum absolute atomic E-state index is 0.00343. The number of benzene rings is 1. The molecule has 0 aliphatic rings. The first-order valence-corrected chi connectivity index (χ1v) is 9.75. The fourth-order valence-electron chi connectivity index (χ4n) is 2.36. The molecule has 2 N–H and O–H groups in total. The molecule has 1 amide bonds. The van der Waals surface area contributed by atoms with Crippen molar-refractivity contribution < 1.29 is 14.0 Å². The van der Waals surface area contributed by atoms with Crippen LogP contribution in [0.2, 0.25) is 0 Å². The number of H-pyrrole nitrogens is 1. The number of ketones is 1. The van der Waals surface area contributed by atoms with E-state index in [-0.39, 0.29) is 17.2 Å². The van der Waals surface area contributed by atoms with Crippen LogP contribution in [0.3, 0.4) is 0 Å². The number of carbonyl (C=O) groups is 2. The summed E-state index contributed by atoms with van der Waals surface area (Å²) in [6.07, 6.45) is 1.49. The molecule has 0 saturated heterocycles. The first-order valence-electron chi connectivity index (χ1n) is 9.75. The maximum absolute atomic E-state index is 13.2. The Balaban J connectivity index is 0.00000184. The molecule has 0 fully saturated rings. The van der Waals surface area contributed by atoms with Gasteiger partial charge in [0.15, 0.2) is 0 Å². The molecule has 0 radical (unpaired) electrons. The maximum Gasteiger partial charge on any atom is 0.221 e. The Hall–Kier alpha value is -3.14. The second kappa shape index (κ2) is 13.1. The highest BCUT2D eigenvalue weighted by molar-refractivity contribution is 6.12. The zero-order valence-electron chi connectivity index (χ0n) is 18.3. The van der Waals surface area contributed by atoms with E-state index in [1.807, 2.05) is 40.7 Å². The number of aromatic nitrogens is 1. The molecule has 1 aromatic heterocycles. The van der Waals surface area contributed by atoms with Crippen LogP contribution in [0.25, 0.3) is 10.9 Å². The number of Topliss-reactive ketones (excluding diaryl/α,β-unsaturated/α-hetero) is 1. The number of nitriles is 1. The molecule has 2 rings (SSSR count). The summed E-state index contributed by atoms with van der Waals surface area (Å²) < 4.78 is 13.2. The Labute approximate surface area is 172 Å². The third-order valence-electron chi connectivity index (χ3n) is 3.76. The van der Waals surface area contributed by atoms with E-state index in [0.29, 0.717) is 28.7 Å². The van der Waals surface area contributed by atoms with E-state index in [4.69, 9.17) is 0 Å². The number of hydrogen-bond acceptors (Lipinski definition) is 4. The number of amides is 1. The molecular weight excluding hydrogens is 371 g/mol. The lowest BCUT2D eigenvalue weighted by molar-refractivity contribution is -0.114. The number of fused-ring (bicyclic) bond motifs is 1. The fourth-order valence-corrected chi connectivity index (χ4v) is 2.36. The SMILES string of the molecule is CC.CC.CCN(C)/C=C(\C#N)C(=O)c1cc2cc(CF)c(NC(C)=O)cc2[nH]1. The molecule has 7 heteroatoms. The minimum atomic E-state index is -0.745. The highest BCUT2D eigenvalue weighted by Crippen LogP contribution is 2.26. The Kier molecular flexibility index (Phi) is 11.7. The zero-order valence-corrected chi connectivity index (χ0v) is 18.3. The van der Waals surface area contributed by atoms with E-state index in [1.165, 1.54) is 13.1 Å². The molecule has 6 nitrogen and oxygen atoms in total. The van der Waals surface area contributed by atoms with Gasteiger partial charge in [-0.25, -0.2) is 4.39 Å². The van der Waals surface area contributed by atoms with Crippen LogP contribution >= 0.6 is 0 Å². The van der Waals surface area contributed by atoms with Crippen molar-refractivity contribution in [2.75, 3.05) is 18.9 Å². The quantitative estimate of drug-likeness (QED) is 0.395. The van der Waals surface area contributed by atoms with E-state index in [9.17, 15) is 19.2 Å². The Morgan fingerprint density at radius 1 is 1.24 bits per heavy atom. The average Bonchev–Trinajstić information content (AvgIpc) is 3.16. The van der Waals surface area contributed by atoms with Crippen LogP contribution in [0, 0.1) is 11.3 Å². The zero-order chi connectivity index (χ0) is 22.6. The third kappa shape index (κ3) is 7.07. The van der Waals surface area contributed by atoms with E-state index >= 15 is 0 Å². The number of nitrogens with zero attached hydrogens (tertiary/aromatic N) is 2. The number of anilines is 1. The number of aromatic amines is 1. The standard InChI is InChI=1S/C18H19FN4O2.2C2H6/c1-4-23(3)10-14(9-20)18(25)17-6-12-5-13(8-19)16(21-11(2)24)7-15(12)22-17;2*1-2/h5-7,10,22H,4,8H2,1-3H3,(H,21,24);2*1-2H3/b14-10+;;. The highest BCUT2D eigenvalue weighted by Gasteiger charge is 2.17. The summed E-state index contributed by atoms with van der Waals surface area (Å²) in [4.78, 5) is 28.4. The Morgan fingerprint density at radius 3 is 2.34 bits per heavy atom. The first kappa shape index (κ1) is 25.9. The number of carbonyl (C=O) groups excluding carboxylic acids is 2. The lowest BCUT2D eigenvalue weighted by Crippen LogP contribution is -2.13. The molecule has 29 heavy (non-hydrogen) atoms. The summed E-state index contributed by atoms with van der Waals surface area (Å²) in [6.45, 7) is 11.2. The minimum Gasteiger partial charge on any atom is -0.380 e. The molecule has 2 aromatic rings. The highest BCUT2D eigenvalue weighted by atomic mass is 19.1. The topological polar surface area (TPSA) is 89.0 Å². The number of allylic oxidation sites excluding steroid dienone is 1. The smallest absolute Gasteiger partial charge is 0.221 e. The van der Waals surface area contributed by atoms with Crippen molar-refractivity contribution in [1.29, 1.82) is 5.26 Å². The molecular formula is C22H31FN4O2. The van der Waals surface area contributed by atoms with Crippen LogP contribution in [-0.4, -0.2) is 35.2 Å². The lowest BCUT2D eigenvalue weighted by atomic mass is 10.1. The predicted octanol–water partition coefficient (Wildman–Crippen LogP) is 5.19. The molecule has 0 unspecified atom stereocenters. The normalized spacial score (nSPS) is 10.1. The van der Waals surface area contributed by atoms with Gasteiger partial charge in [-0.1, -0.05) is 27.7 Å². The summed E-state index contributed by atoms with van der Waals surface area (Å²) in [5.41, 5.74) is 1.49. The van der Waals surface area contributed by atoms with Gasteiger partial charge in [-0.15, -0.1) is 0 Å². The van der Waals surface area contributed by atoms with Crippen LogP contribution in [0.4, 0.5) is 10.1 Å². The van der Waals surface area contributed by atoms with E-state index in [0.717, 1.165) is 0 Å². The molecule has 1 heterocycles. The lowest BCUT2D eigenvalue weighted by Gasteiger charge is -2.10. The molecule has 0 aliphatic carbocycles. The Bertz CT molecular complexity index is 894. The molecule has 158 valence electrons. The number of nitrogens with one attached hydrogen (secondary N) is 2. The van der Waals surface area contributed by atoms with Gasteiger partial charge < -0.3 is 15.2 Å². The summed E-state index contributed by atoms with van der Waals surface area (Å²) >= 11 is 0.